The maximum Gasteiger partial charge on any atom is 0.194 e. The minimum Gasteiger partial charge on any atom is -0.494 e. The molecule has 0 aliphatic heterocycles. The minimum atomic E-state index is -0.366. The standard InChI is InChI=1S/C17H24FN5OS.HI/c1-19-16(20-9-13-11-25-17(21-13)22(2)3)23(4)10-12-6-7-15(24-5)14(18)8-12;/h6-8,11H,9-10H2,1-5H3,(H,19,20);1H. The van der Waals surface area contributed by atoms with Crippen molar-refractivity contribution in [2.75, 3.05) is 40.2 Å². The molecule has 0 unspecified atom stereocenters. The highest BCUT2D eigenvalue weighted by Gasteiger charge is 2.10. The fourth-order valence-electron chi connectivity index (χ4n) is 2.29. The summed E-state index contributed by atoms with van der Waals surface area (Å²) < 4.78 is 18.8. The molecule has 0 radical (unpaired) electrons. The molecular formula is C17H25FIN5OS. The number of guanidine groups is 1. The van der Waals surface area contributed by atoms with E-state index >= 15 is 0 Å². The summed E-state index contributed by atoms with van der Waals surface area (Å²) in [5, 5.41) is 6.27. The molecule has 0 spiro atoms. The molecule has 1 heterocycles. The average molecular weight is 493 g/mol. The molecule has 0 aliphatic rings. The summed E-state index contributed by atoms with van der Waals surface area (Å²) in [4.78, 5) is 12.7. The number of methoxy groups -OCH3 is 1. The predicted octanol–water partition coefficient (Wildman–Crippen LogP) is 3.18. The molecule has 1 aromatic heterocycles. The van der Waals surface area contributed by atoms with E-state index in [1.54, 1.807) is 24.5 Å². The Labute approximate surface area is 175 Å². The summed E-state index contributed by atoms with van der Waals surface area (Å²) in [6.45, 7) is 1.11. The van der Waals surface area contributed by atoms with Gasteiger partial charge in [0.1, 0.15) is 0 Å². The summed E-state index contributed by atoms with van der Waals surface area (Å²) >= 11 is 1.60. The molecule has 0 fully saturated rings. The summed E-state index contributed by atoms with van der Waals surface area (Å²) in [6.07, 6.45) is 0. The van der Waals surface area contributed by atoms with Crippen LogP contribution in [0.2, 0.25) is 0 Å². The zero-order chi connectivity index (χ0) is 18.4. The van der Waals surface area contributed by atoms with E-state index in [-0.39, 0.29) is 35.5 Å². The van der Waals surface area contributed by atoms with Gasteiger partial charge in [-0.05, 0) is 17.7 Å². The van der Waals surface area contributed by atoms with Gasteiger partial charge in [-0.2, -0.15) is 0 Å². The van der Waals surface area contributed by atoms with Crippen molar-refractivity contribution in [3.8, 4) is 5.75 Å². The lowest BCUT2D eigenvalue weighted by Gasteiger charge is -2.22. The maximum absolute atomic E-state index is 13.8. The van der Waals surface area contributed by atoms with Crippen LogP contribution in [0.1, 0.15) is 11.3 Å². The van der Waals surface area contributed by atoms with Crippen LogP contribution in [-0.2, 0) is 13.1 Å². The maximum atomic E-state index is 13.8. The van der Waals surface area contributed by atoms with E-state index < -0.39 is 0 Å². The Hall–Kier alpha value is -1.62. The van der Waals surface area contributed by atoms with Gasteiger partial charge in [-0.25, -0.2) is 9.37 Å². The van der Waals surface area contributed by atoms with Gasteiger partial charge in [-0.15, -0.1) is 35.3 Å². The van der Waals surface area contributed by atoms with Gasteiger partial charge in [-0.3, -0.25) is 4.99 Å². The van der Waals surface area contributed by atoms with Crippen molar-refractivity contribution >= 4 is 46.4 Å². The first-order valence-corrected chi connectivity index (χ1v) is 8.68. The second-order valence-electron chi connectivity index (χ2n) is 5.74. The van der Waals surface area contributed by atoms with E-state index in [0.29, 0.717) is 13.1 Å². The third kappa shape index (κ3) is 5.97. The van der Waals surface area contributed by atoms with E-state index in [1.165, 1.54) is 13.2 Å². The van der Waals surface area contributed by atoms with Gasteiger partial charge in [0.25, 0.3) is 0 Å². The van der Waals surface area contributed by atoms with E-state index in [2.05, 4.69) is 15.3 Å². The van der Waals surface area contributed by atoms with Crippen molar-refractivity contribution in [2.24, 2.45) is 4.99 Å². The first-order chi connectivity index (χ1) is 11.9. The second kappa shape index (κ2) is 10.5. The number of thiazole rings is 1. The number of aromatic nitrogens is 1. The van der Waals surface area contributed by atoms with E-state index in [9.17, 15) is 4.39 Å². The van der Waals surface area contributed by atoms with E-state index in [4.69, 9.17) is 4.74 Å². The molecule has 2 aromatic rings. The normalized spacial score (nSPS) is 10.9. The lowest BCUT2D eigenvalue weighted by molar-refractivity contribution is 0.385. The van der Waals surface area contributed by atoms with E-state index in [0.717, 1.165) is 22.3 Å². The minimum absolute atomic E-state index is 0. The fraction of sp³-hybridized carbons (Fsp3) is 0.412. The van der Waals surface area contributed by atoms with Crippen LogP contribution >= 0.6 is 35.3 Å². The molecule has 0 saturated heterocycles. The lowest BCUT2D eigenvalue weighted by Crippen LogP contribution is -2.38. The Balaban J connectivity index is 0.00000338. The number of nitrogens with one attached hydrogen (secondary N) is 1. The molecule has 1 aromatic carbocycles. The zero-order valence-corrected chi connectivity index (χ0v) is 18.8. The van der Waals surface area contributed by atoms with Crippen molar-refractivity contribution in [3.63, 3.8) is 0 Å². The van der Waals surface area contributed by atoms with Crippen LogP contribution in [-0.4, -0.2) is 51.1 Å². The molecule has 9 heteroatoms. The largest absolute Gasteiger partial charge is 0.494 e. The molecule has 1 N–H and O–H groups in total. The van der Waals surface area contributed by atoms with Crippen LogP contribution in [0.3, 0.4) is 0 Å². The Morgan fingerprint density at radius 2 is 2.08 bits per heavy atom. The molecule has 0 atom stereocenters. The quantitative estimate of drug-likeness (QED) is 0.381. The zero-order valence-electron chi connectivity index (χ0n) is 15.6. The van der Waals surface area contributed by atoms with Gasteiger partial charge in [0, 0.05) is 40.1 Å². The Morgan fingerprint density at radius 1 is 1.35 bits per heavy atom. The fourth-order valence-corrected chi connectivity index (χ4v) is 3.05. The SMILES string of the molecule is CN=C(NCc1csc(N(C)C)n1)N(C)Cc1ccc(OC)c(F)c1.I. The van der Waals surface area contributed by atoms with Gasteiger partial charge in [0.05, 0.1) is 19.3 Å². The van der Waals surface area contributed by atoms with Crippen molar-refractivity contribution in [1.82, 2.24) is 15.2 Å². The number of halogens is 2. The summed E-state index contributed by atoms with van der Waals surface area (Å²) in [5.41, 5.74) is 1.80. The van der Waals surface area contributed by atoms with Crippen LogP contribution in [0.5, 0.6) is 5.75 Å². The highest BCUT2D eigenvalue weighted by molar-refractivity contribution is 14.0. The Kier molecular flexibility index (Phi) is 9.06. The van der Waals surface area contributed by atoms with Crippen molar-refractivity contribution in [2.45, 2.75) is 13.1 Å². The molecule has 26 heavy (non-hydrogen) atoms. The van der Waals surface area contributed by atoms with Crippen LogP contribution in [0.25, 0.3) is 0 Å². The van der Waals surface area contributed by atoms with Gasteiger partial charge < -0.3 is 19.9 Å². The highest BCUT2D eigenvalue weighted by atomic mass is 127. The third-order valence-electron chi connectivity index (χ3n) is 3.56. The Bertz CT molecular complexity index is 738. The second-order valence-corrected chi connectivity index (χ2v) is 6.58. The first-order valence-electron chi connectivity index (χ1n) is 7.80. The van der Waals surface area contributed by atoms with E-state index in [1.807, 2.05) is 42.4 Å². The first kappa shape index (κ1) is 22.4. The molecule has 144 valence electrons. The number of aliphatic imine (C=N–C) groups is 1. The molecule has 0 bridgehead atoms. The summed E-state index contributed by atoms with van der Waals surface area (Å²) in [5.74, 6) is 0.597. The van der Waals surface area contributed by atoms with Crippen LogP contribution < -0.4 is 15.0 Å². The number of rotatable bonds is 6. The van der Waals surface area contributed by atoms with Crippen LogP contribution in [0, 0.1) is 5.82 Å². The lowest BCUT2D eigenvalue weighted by atomic mass is 10.2. The predicted molar refractivity (Wildman–Crippen MR) is 116 cm³/mol. The number of nitrogens with zero attached hydrogens (tertiary/aromatic N) is 4. The van der Waals surface area contributed by atoms with Gasteiger partial charge in [-0.1, -0.05) is 6.07 Å². The summed E-state index contributed by atoms with van der Waals surface area (Å²) in [6, 6.07) is 4.95. The number of hydrogen-bond acceptors (Lipinski definition) is 5. The van der Waals surface area contributed by atoms with Crippen LogP contribution in [0.4, 0.5) is 9.52 Å². The topological polar surface area (TPSA) is 53.0 Å². The molecular weight excluding hydrogens is 468 g/mol. The monoisotopic (exact) mass is 493 g/mol. The average Bonchev–Trinajstić information content (AvgIpc) is 3.05. The number of hydrogen-bond donors (Lipinski definition) is 1. The third-order valence-corrected chi connectivity index (χ3v) is 4.62. The summed E-state index contributed by atoms with van der Waals surface area (Å²) in [7, 11) is 9.02. The van der Waals surface area contributed by atoms with Crippen molar-refractivity contribution in [1.29, 1.82) is 0 Å². The van der Waals surface area contributed by atoms with Crippen molar-refractivity contribution in [3.05, 3.63) is 40.7 Å². The van der Waals surface area contributed by atoms with Gasteiger partial charge >= 0.3 is 0 Å². The molecule has 2 rings (SSSR count). The van der Waals surface area contributed by atoms with Crippen molar-refractivity contribution < 1.29 is 9.13 Å². The Morgan fingerprint density at radius 3 is 2.62 bits per heavy atom. The van der Waals surface area contributed by atoms with Gasteiger partial charge in [0.2, 0.25) is 0 Å². The molecule has 0 aliphatic carbocycles. The number of ether oxygens (including phenoxy) is 1. The molecule has 6 nitrogen and oxygen atoms in total. The van der Waals surface area contributed by atoms with Crippen LogP contribution in [0.15, 0.2) is 28.6 Å². The molecule has 0 saturated carbocycles. The number of anilines is 1. The van der Waals surface area contributed by atoms with Gasteiger partial charge in [0.15, 0.2) is 22.7 Å². The molecule has 0 amide bonds. The number of benzene rings is 1. The smallest absolute Gasteiger partial charge is 0.194 e. The highest BCUT2D eigenvalue weighted by Crippen LogP contribution is 2.19.